The van der Waals surface area contributed by atoms with Crippen LogP contribution in [0, 0.1) is 0 Å². The number of aromatic nitrogens is 1. The van der Waals surface area contributed by atoms with E-state index in [4.69, 9.17) is 15.2 Å². The van der Waals surface area contributed by atoms with Gasteiger partial charge in [0.2, 0.25) is 0 Å². The Balaban J connectivity index is 1.86. The molecule has 0 aliphatic carbocycles. The molecule has 2 rings (SSSR count). The van der Waals surface area contributed by atoms with Gasteiger partial charge in [-0.05, 0) is 11.6 Å². The van der Waals surface area contributed by atoms with Crippen LogP contribution >= 0.6 is 0 Å². The Bertz CT molecular complexity index is 442. The maximum atomic E-state index is 11.7. The summed E-state index contributed by atoms with van der Waals surface area (Å²) in [4.78, 5) is 18.3. The van der Waals surface area contributed by atoms with Crippen LogP contribution in [0.4, 0.5) is 5.82 Å². The minimum absolute atomic E-state index is 0.163. The molecule has 21 heavy (non-hydrogen) atoms. The van der Waals surface area contributed by atoms with Crippen LogP contribution in [0.1, 0.15) is 5.56 Å². The zero-order chi connectivity index (χ0) is 15.1. The van der Waals surface area contributed by atoms with Crippen molar-refractivity contribution in [1.29, 1.82) is 0 Å². The Morgan fingerprint density at radius 2 is 2.29 bits per heavy atom. The smallest absolute Gasteiger partial charge is 0.250 e. The summed E-state index contributed by atoms with van der Waals surface area (Å²) in [7, 11) is 1.47. The Hall–Kier alpha value is -1.70. The molecule has 7 heteroatoms. The molecule has 0 saturated carbocycles. The highest BCUT2D eigenvalue weighted by Crippen LogP contribution is 2.12. The van der Waals surface area contributed by atoms with E-state index in [1.54, 1.807) is 6.20 Å². The number of nitrogens with one attached hydrogen (secondary N) is 1. The topological polar surface area (TPSA) is 89.7 Å². The van der Waals surface area contributed by atoms with Crippen molar-refractivity contribution >= 4 is 11.7 Å². The molecule has 2 heterocycles. The predicted octanol–water partition coefficient (Wildman–Crippen LogP) is -0.492. The van der Waals surface area contributed by atoms with Crippen LogP contribution in [-0.4, -0.2) is 57.0 Å². The molecule has 1 fully saturated rings. The lowest BCUT2D eigenvalue weighted by atomic mass is 10.2. The lowest BCUT2D eigenvalue weighted by molar-refractivity contribution is -0.130. The molecule has 1 aliphatic rings. The van der Waals surface area contributed by atoms with E-state index in [9.17, 15) is 4.79 Å². The van der Waals surface area contributed by atoms with Gasteiger partial charge >= 0.3 is 0 Å². The molecule has 3 N–H and O–H groups in total. The highest BCUT2D eigenvalue weighted by Gasteiger charge is 2.15. The van der Waals surface area contributed by atoms with E-state index in [-0.39, 0.29) is 12.5 Å². The van der Waals surface area contributed by atoms with Crippen molar-refractivity contribution in [1.82, 2.24) is 10.3 Å². The largest absolute Gasteiger partial charge is 0.378 e. The molecule has 1 aromatic rings. The van der Waals surface area contributed by atoms with E-state index in [1.807, 2.05) is 12.1 Å². The molecule has 0 spiro atoms. The zero-order valence-corrected chi connectivity index (χ0v) is 12.2. The van der Waals surface area contributed by atoms with Gasteiger partial charge in [0.15, 0.2) is 0 Å². The lowest BCUT2D eigenvalue weighted by Crippen LogP contribution is -2.40. The first-order valence-corrected chi connectivity index (χ1v) is 7.02. The molecule has 0 aromatic carbocycles. The average molecular weight is 294 g/mol. The van der Waals surface area contributed by atoms with Gasteiger partial charge in [-0.15, -0.1) is 0 Å². The number of nitrogens with two attached hydrogens (primary N) is 1. The van der Waals surface area contributed by atoms with Crippen molar-refractivity contribution in [2.75, 3.05) is 44.9 Å². The molecule has 0 bridgehead atoms. The minimum Gasteiger partial charge on any atom is -0.378 e. The zero-order valence-electron chi connectivity index (χ0n) is 12.2. The minimum atomic E-state index is -0.606. The number of hydrogen-bond donors (Lipinski definition) is 2. The quantitative estimate of drug-likeness (QED) is 0.736. The van der Waals surface area contributed by atoms with Gasteiger partial charge in [0, 0.05) is 39.5 Å². The average Bonchev–Trinajstić information content (AvgIpc) is 2.55. The number of pyridine rings is 1. The van der Waals surface area contributed by atoms with Gasteiger partial charge in [0.05, 0.1) is 13.2 Å². The second-order valence-electron chi connectivity index (χ2n) is 4.80. The van der Waals surface area contributed by atoms with Crippen LogP contribution < -0.4 is 16.0 Å². The molecule has 0 radical (unpaired) electrons. The van der Waals surface area contributed by atoms with Crippen molar-refractivity contribution in [3.8, 4) is 0 Å². The number of methoxy groups -OCH3 is 1. The highest BCUT2D eigenvalue weighted by atomic mass is 16.5. The van der Waals surface area contributed by atoms with Crippen molar-refractivity contribution in [3.05, 3.63) is 23.9 Å². The molecular formula is C14H22N4O3. The number of carbonyl (C=O) groups is 1. The molecule has 1 atom stereocenters. The Kier molecular flexibility index (Phi) is 5.91. The number of ether oxygens (including phenoxy) is 2. The Morgan fingerprint density at radius 3 is 2.86 bits per heavy atom. The van der Waals surface area contributed by atoms with Crippen molar-refractivity contribution < 1.29 is 14.3 Å². The first-order valence-electron chi connectivity index (χ1n) is 7.02. The molecule has 1 saturated heterocycles. The molecule has 1 aliphatic heterocycles. The fourth-order valence-electron chi connectivity index (χ4n) is 2.11. The Morgan fingerprint density at radius 1 is 1.52 bits per heavy atom. The Labute approximate surface area is 124 Å². The van der Waals surface area contributed by atoms with Crippen LogP contribution in [0.5, 0.6) is 0 Å². The molecule has 116 valence electrons. The molecule has 1 amide bonds. The van der Waals surface area contributed by atoms with Crippen LogP contribution in [-0.2, 0) is 20.8 Å². The van der Waals surface area contributed by atoms with Gasteiger partial charge in [-0.25, -0.2) is 4.98 Å². The monoisotopic (exact) mass is 294 g/mol. The lowest BCUT2D eigenvalue weighted by Gasteiger charge is -2.27. The number of hydrogen-bond acceptors (Lipinski definition) is 6. The van der Waals surface area contributed by atoms with Gasteiger partial charge in [0.1, 0.15) is 11.9 Å². The maximum Gasteiger partial charge on any atom is 0.250 e. The second-order valence-corrected chi connectivity index (χ2v) is 4.80. The van der Waals surface area contributed by atoms with Gasteiger partial charge in [-0.1, -0.05) is 6.07 Å². The third kappa shape index (κ3) is 4.38. The predicted molar refractivity (Wildman–Crippen MR) is 79.0 cm³/mol. The third-order valence-corrected chi connectivity index (χ3v) is 3.40. The fraction of sp³-hybridized carbons (Fsp3) is 0.571. The van der Waals surface area contributed by atoms with Crippen LogP contribution in [0.2, 0.25) is 0 Å². The first-order chi connectivity index (χ1) is 10.2. The number of carbonyl (C=O) groups excluding carboxylic acids is 1. The summed E-state index contributed by atoms with van der Waals surface area (Å²) >= 11 is 0. The summed E-state index contributed by atoms with van der Waals surface area (Å²) in [5, 5.41) is 2.78. The summed E-state index contributed by atoms with van der Waals surface area (Å²) in [6.07, 6.45) is 1.17. The highest BCUT2D eigenvalue weighted by molar-refractivity contribution is 5.80. The fourth-order valence-corrected chi connectivity index (χ4v) is 2.11. The number of rotatable bonds is 6. The first kappa shape index (κ1) is 15.7. The standard InChI is InChI=1S/C14H22N4O3/c1-20-12(8-15)14(19)17-10-11-2-3-13(16-9-11)18-4-6-21-7-5-18/h2-3,9,12H,4-8,10,15H2,1H3,(H,17,19). The van der Waals surface area contributed by atoms with Gasteiger partial charge in [-0.3, -0.25) is 4.79 Å². The van der Waals surface area contributed by atoms with Gasteiger partial charge in [-0.2, -0.15) is 0 Å². The van der Waals surface area contributed by atoms with E-state index in [0.29, 0.717) is 6.54 Å². The summed E-state index contributed by atoms with van der Waals surface area (Å²) < 4.78 is 10.3. The van der Waals surface area contributed by atoms with Crippen LogP contribution in [0.15, 0.2) is 18.3 Å². The molecule has 1 aromatic heterocycles. The maximum absolute atomic E-state index is 11.7. The SMILES string of the molecule is COC(CN)C(=O)NCc1ccc(N2CCOCC2)nc1. The van der Waals surface area contributed by atoms with Crippen molar-refractivity contribution in [3.63, 3.8) is 0 Å². The van der Waals surface area contributed by atoms with E-state index in [1.165, 1.54) is 7.11 Å². The molecular weight excluding hydrogens is 272 g/mol. The summed E-state index contributed by atoms with van der Waals surface area (Å²) in [5.41, 5.74) is 6.38. The third-order valence-electron chi connectivity index (χ3n) is 3.40. The van der Waals surface area contributed by atoms with Crippen molar-refractivity contribution in [2.24, 2.45) is 5.73 Å². The number of amides is 1. The van der Waals surface area contributed by atoms with Crippen LogP contribution in [0.3, 0.4) is 0 Å². The number of morpholine rings is 1. The summed E-state index contributed by atoms with van der Waals surface area (Å²) in [6.45, 7) is 3.75. The normalized spacial score (nSPS) is 16.6. The van der Waals surface area contributed by atoms with E-state index in [0.717, 1.165) is 37.7 Å². The second kappa shape index (κ2) is 7.92. The van der Waals surface area contributed by atoms with Gasteiger partial charge in [0.25, 0.3) is 5.91 Å². The van der Waals surface area contributed by atoms with E-state index >= 15 is 0 Å². The van der Waals surface area contributed by atoms with Crippen molar-refractivity contribution in [2.45, 2.75) is 12.6 Å². The van der Waals surface area contributed by atoms with E-state index in [2.05, 4.69) is 15.2 Å². The summed E-state index contributed by atoms with van der Waals surface area (Å²) in [6, 6.07) is 3.92. The summed E-state index contributed by atoms with van der Waals surface area (Å²) in [5.74, 6) is 0.724. The van der Waals surface area contributed by atoms with Crippen LogP contribution in [0.25, 0.3) is 0 Å². The van der Waals surface area contributed by atoms with E-state index < -0.39 is 6.10 Å². The molecule has 1 unspecified atom stereocenters. The number of nitrogens with zero attached hydrogens (tertiary/aromatic N) is 2. The molecule has 7 nitrogen and oxygen atoms in total. The van der Waals surface area contributed by atoms with Gasteiger partial charge < -0.3 is 25.4 Å². The number of anilines is 1.